The summed E-state index contributed by atoms with van der Waals surface area (Å²) < 4.78 is 39.0. The van der Waals surface area contributed by atoms with E-state index in [1.165, 1.54) is 12.1 Å². The Labute approximate surface area is 121 Å². The van der Waals surface area contributed by atoms with Crippen LogP contribution in [-0.2, 0) is 6.54 Å². The molecule has 0 atom stereocenters. The molecular weight excluding hydrogens is 275 g/mol. The van der Waals surface area contributed by atoms with Gasteiger partial charge in [0.1, 0.15) is 5.82 Å². The second-order valence-electron chi connectivity index (χ2n) is 5.55. The Bertz CT molecular complexity index is 636. The van der Waals surface area contributed by atoms with E-state index in [1.807, 2.05) is 6.07 Å². The van der Waals surface area contributed by atoms with Crippen molar-refractivity contribution in [2.24, 2.45) is 0 Å². The summed E-state index contributed by atoms with van der Waals surface area (Å²) in [4.78, 5) is 0. The number of rotatable bonds is 4. The minimum absolute atomic E-state index is 0.203. The lowest BCUT2D eigenvalue weighted by atomic mass is 9.76. The third kappa shape index (κ3) is 3.27. The van der Waals surface area contributed by atoms with Crippen LogP contribution in [0.4, 0.5) is 13.2 Å². The van der Waals surface area contributed by atoms with Gasteiger partial charge in [-0.2, -0.15) is 0 Å². The average molecular weight is 291 g/mol. The second-order valence-corrected chi connectivity index (χ2v) is 5.55. The summed E-state index contributed by atoms with van der Waals surface area (Å²) >= 11 is 0. The summed E-state index contributed by atoms with van der Waals surface area (Å²) in [5.74, 6) is -1.47. The van der Waals surface area contributed by atoms with Crippen LogP contribution in [0.2, 0.25) is 0 Å². The highest BCUT2D eigenvalue weighted by Crippen LogP contribution is 2.37. The maximum atomic E-state index is 13.1. The zero-order valence-electron chi connectivity index (χ0n) is 11.5. The van der Waals surface area contributed by atoms with Crippen LogP contribution < -0.4 is 5.32 Å². The van der Waals surface area contributed by atoms with E-state index in [4.69, 9.17) is 0 Å². The molecular formula is C17H16F3N. The summed E-state index contributed by atoms with van der Waals surface area (Å²) in [7, 11) is 0. The quantitative estimate of drug-likeness (QED) is 0.892. The molecule has 110 valence electrons. The summed E-state index contributed by atoms with van der Waals surface area (Å²) in [6.07, 6.45) is 1.88. The van der Waals surface area contributed by atoms with Crippen molar-refractivity contribution in [2.45, 2.75) is 31.3 Å². The molecule has 0 amide bonds. The van der Waals surface area contributed by atoms with Gasteiger partial charge < -0.3 is 5.32 Å². The lowest BCUT2D eigenvalue weighted by Crippen LogP contribution is -2.39. The molecule has 0 bridgehead atoms. The predicted octanol–water partition coefficient (Wildman–Crippen LogP) is 4.14. The average Bonchev–Trinajstić information content (AvgIpc) is 2.41. The van der Waals surface area contributed by atoms with E-state index in [1.54, 1.807) is 18.2 Å². The summed E-state index contributed by atoms with van der Waals surface area (Å²) in [5, 5.41) is 3.31. The molecule has 1 fully saturated rings. The molecule has 2 aromatic rings. The van der Waals surface area contributed by atoms with Crippen molar-refractivity contribution in [3.63, 3.8) is 0 Å². The third-order valence-electron chi connectivity index (χ3n) is 4.04. The molecule has 0 saturated heterocycles. The second kappa shape index (κ2) is 5.90. The van der Waals surface area contributed by atoms with E-state index in [9.17, 15) is 13.2 Å². The molecule has 21 heavy (non-hydrogen) atoms. The van der Waals surface area contributed by atoms with Crippen LogP contribution in [0.5, 0.6) is 0 Å². The molecule has 1 saturated carbocycles. The highest BCUT2D eigenvalue weighted by molar-refractivity contribution is 5.24. The molecule has 0 radical (unpaired) electrons. The fraction of sp³-hybridized carbons (Fsp3) is 0.294. The van der Waals surface area contributed by atoms with Crippen LogP contribution in [0, 0.1) is 17.5 Å². The van der Waals surface area contributed by atoms with Crippen molar-refractivity contribution in [2.75, 3.05) is 0 Å². The van der Waals surface area contributed by atoms with Gasteiger partial charge in [0.15, 0.2) is 11.6 Å². The molecule has 0 heterocycles. The molecule has 0 spiro atoms. The van der Waals surface area contributed by atoms with E-state index in [0.29, 0.717) is 18.5 Å². The minimum atomic E-state index is -0.825. The van der Waals surface area contributed by atoms with Crippen molar-refractivity contribution in [3.05, 3.63) is 71.0 Å². The molecule has 0 aliphatic heterocycles. The molecule has 1 N–H and O–H groups in total. The van der Waals surface area contributed by atoms with E-state index in [2.05, 4.69) is 5.32 Å². The van der Waals surface area contributed by atoms with Crippen molar-refractivity contribution in [1.29, 1.82) is 0 Å². The molecule has 2 aromatic carbocycles. The predicted molar refractivity (Wildman–Crippen MR) is 75.4 cm³/mol. The first-order chi connectivity index (χ1) is 10.1. The highest BCUT2D eigenvalue weighted by atomic mass is 19.2. The van der Waals surface area contributed by atoms with Gasteiger partial charge in [-0.05, 0) is 54.2 Å². The van der Waals surface area contributed by atoms with Gasteiger partial charge in [-0.25, -0.2) is 13.2 Å². The SMILES string of the molecule is Fc1cccc(C2CC(NCc3ccc(F)c(F)c3)C2)c1. The normalized spacial score (nSPS) is 21.1. The summed E-state index contributed by atoms with van der Waals surface area (Å²) in [6.45, 7) is 0.512. The van der Waals surface area contributed by atoms with Crippen LogP contribution in [0.15, 0.2) is 42.5 Å². The van der Waals surface area contributed by atoms with Crippen LogP contribution in [-0.4, -0.2) is 6.04 Å². The number of halogens is 3. The van der Waals surface area contributed by atoms with E-state index < -0.39 is 11.6 Å². The highest BCUT2D eigenvalue weighted by Gasteiger charge is 2.29. The Balaban J connectivity index is 1.50. The van der Waals surface area contributed by atoms with Crippen molar-refractivity contribution in [3.8, 4) is 0 Å². The Morgan fingerprint density at radius 3 is 2.48 bits per heavy atom. The van der Waals surface area contributed by atoms with Crippen LogP contribution >= 0.6 is 0 Å². The van der Waals surface area contributed by atoms with Gasteiger partial charge in [0.2, 0.25) is 0 Å². The van der Waals surface area contributed by atoms with Gasteiger partial charge in [-0.15, -0.1) is 0 Å². The number of benzene rings is 2. The Morgan fingerprint density at radius 1 is 0.952 bits per heavy atom. The molecule has 4 heteroatoms. The van der Waals surface area contributed by atoms with E-state index in [-0.39, 0.29) is 5.82 Å². The molecule has 0 aromatic heterocycles. The zero-order chi connectivity index (χ0) is 14.8. The molecule has 1 nitrogen and oxygen atoms in total. The van der Waals surface area contributed by atoms with Gasteiger partial charge in [-0.3, -0.25) is 0 Å². The van der Waals surface area contributed by atoms with Gasteiger partial charge in [-0.1, -0.05) is 18.2 Å². The Kier molecular flexibility index (Phi) is 3.97. The third-order valence-corrected chi connectivity index (χ3v) is 4.04. The van der Waals surface area contributed by atoms with Crippen molar-refractivity contribution < 1.29 is 13.2 Å². The van der Waals surface area contributed by atoms with Gasteiger partial charge in [0, 0.05) is 12.6 Å². The standard InChI is InChI=1S/C17H16F3N/c18-14-3-1-2-12(7-14)13-8-15(9-13)21-10-11-4-5-16(19)17(20)6-11/h1-7,13,15,21H,8-10H2. The lowest BCUT2D eigenvalue weighted by Gasteiger charge is -2.36. The Morgan fingerprint density at radius 2 is 1.76 bits per heavy atom. The zero-order valence-corrected chi connectivity index (χ0v) is 11.5. The number of hydrogen-bond acceptors (Lipinski definition) is 1. The first-order valence-electron chi connectivity index (χ1n) is 7.04. The smallest absolute Gasteiger partial charge is 0.159 e. The fourth-order valence-electron chi connectivity index (χ4n) is 2.73. The number of hydrogen-bond donors (Lipinski definition) is 1. The van der Waals surface area contributed by atoms with E-state index >= 15 is 0 Å². The summed E-state index contributed by atoms with van der Waals surface area (Å²) in [6, 6.07) is 11.0. The number of nitrogens with one attached hydrogen (secondary N) is 1. The van der Waals surface area contributed by atoms with Crippen molar-refractivity contribution in [1.82, 2.24) is 5.32 Å². The lowest BCUT2D eigenvalue weighted by molar-refractivity contribution is 0.289. The van der Waals surface area contributed by atoms with Gasteiger partial charge in [0.05, 0.1) is 0 Å². The maximum absolute atomic E-state index is 13.1. The van der Waals surface area contributed by atoms with E-state index in [0.717, 1.165) is 30.0 Å². The molecule has 3 rings (SSSR count). The fourth-order valence-corrected chi connectivity index (χ4v) is 2.73. The van der Waals surface area contributed by atoms with Crippen molar-refractivity contribution >= 4 is 0 Å². The first-order valence-corrected chi connectivity index (χ1v) is 7.04. The molecule has 1 aliphatic carbocycles. The molecule has 0 unspecified atom stereocenters. The maximum Gasteiger partial charge on any atom is 0.159 e. The minimum Gasteiger partial charge on any atom is -0.310 e. The largest absolute Gasteiger partial charge is 0.310 e. The van der Waals surface area contributed by atoms with Gasteiger partial charge >= 0.3 is 0 Å². The first kappa shape index (κ1) is 14.1. The Hall–Kier alpha value is -1.81. The van der Waals surface area contributed by atoms with Gasteiger partial charge in [0.25, 0.3) is 0 Å². The summed E-state index contributed by atoms with van der Waals surface area (Å²) in [5.41, 5.74) is 1.75. The monoisotopic (exact) mass is 291 g/mol. The van der Waals surface area contributed by atoms with Crippen LogP contribution in [0.3, 0.4) is 0 Å². The van der Waals surface area contributed by atoms with Crippen LogP contribution in [0.1, 0.15) is 29.9 Å². The topological polar surface area (TPSA) is 12.0 Å². The van der Waals surface area contributed by atoms with Crippen LogP contribution in [0.25, 0.3) is 0 Å². The molecule has 1 aliphatic rings.